The summed E-state index contributed by atoms with van der Waals surface area (Å²) in [5.74, 6) is -1.58. The minimum atomic E-state index is -4.91. The van der Waals surface area contributed by atoms with Gasteiger partial charge in [0.15, 0.2) is 0 Å². The molecule has 1 aliphatic rings. The van der Waals surface area contributed by atoms with Crippen LogP contribution in [0.15, 0.2) is 45.6 Å². The maximum atomic E-state index is 14.0. The van der Waals surface area contributed by atoms with E-state index in [0.29, 0.717) is 0 Å². The molecule has 1 atom stereocenters. The van der Waals surface area contributed by atoms with E-state index in [1.54, 1.807) is 0 Å². The fourth-order valence-corrected chi connectivity index (χ4v) is 4.69. The number of hydrogen-bond donors (Lipinski definition) is 1. The molecule has 1 fully saturated rings. The van der Waals surface area contributed by atoms with Gasteiger partial charge in [-0.3, -0.25) is 9.69 Å². The summed E-state index contributed by atoms with van der Waals surface area (Å²) in [4.78, 5) is 15.4. The SMILES string of the molecule is CCC1CCCCN1Cc1c(O)ccc2c(=O)c(-c3cccc(Cl)c3)c(C(F)(F)F)oc12. The lowest BCUT2D eigenvalue weighted by molar-refractivity contribution is -0.152. The lowest BCUT2D eigenvalue weighted by Crippen LogP contribution is -2.38. The first-order valence-electron chi connectivity index (χ1n) is 10.6. The Bertz CT molecular complexity index is 1210. The third-order valence-corrected chi connectivity index (χ3v) is 6.33. The molecule has 1 aromatic heterocycles. The lowest BCUT2D eigenvalue weighted by Gasteiger charge is -2.35. The van der Waals surface area contributed by atoms with E-state index in [0.717, 1.165) is 32.2 Å². The molecule has 8 heteroatoms. The molecule has 32 heavy (non-hydrogen) atoms. The summed E-state index contributed by atoms with van der Waals surface area (Å²) >= 11 is 5.96. The Morgan fingerprint density at radius 3 is 2.69 bits per heavy atom. The summed E-state index contributed by atoms with van der Waals surface area (Å²) in [6.07, 6.45) is -0.975. The molecule has 2 heterocycles. The highest BCUT2D eigenvalue weighted by atomic mass is 35.5. The van der Waals surface area contributed by atoms with Gasteiger partial charge in [-0.05, 0) is 55.6 Å². The molecule has 4 rings (SSSR count). The summed E-state index contributed by atoms with van der Waals surface area (Å²) in [7, 11) is 0. The molecular weight excluding hydrogens is 443 g/mol. The Kier molecular flexibility index (Phi) is 6.23. The molecular formula is C24H23ClF3NO3. The van der Waals surface area contributed by atoms with Crippen LogP contribution >= 0.6 is 11.6 Å². The Hall–Kier alpha value is -2.51. The molecule has 3 aromatic rings. The first-order chi connectivity index (χ1) is 15.2. The molecule has 1 saturated heterocycles. The smallest absolute Gasteiger partial charge is 0.450 e. The second-order valence-corrected chi connectivity index (χ2v) is 8.55. The van der Waals surface area contributed by atoms with Crippen molar-refractivity contribution in [2.45, 2.75) is 51.4 Å². The summed E-state index contributed by atoms with van der Waals surface area (Å²) in [6.45, 7) is 3.04. The van der Waals surface area contributed by atoms with Crippen LogP contribution < -0.4 is 5.43 Å². The molecule has 0 aliphatic carbocycles. The van der Waals surface area contributed by atoms with Crippen molar-refractivity contribution in [1.82, 2.24) is 4.90 Å². The van der Waals surface area contributed by atoms with Crippen molar-refractivity contribution in [1.29, 1.82) is 0 Å². The van der Waals surface area contributed by atoms with Crippen molar-refractivity contribution in [2.24, 2.45) is 0 Å². The molecule has 0 radical (unpaired) electrons. The van der Waals surface area contributed by atoms with Crippen LogP contribution in [0.5, 0.6) is 5.75 Å². The average molecular weight is 466 g/mol. The van der Waals surface area contributed by atoms with E-state index in [4.69, 9.17) is 16.0 Å². The summed E-state index contributed by atoms with van der Waals surface area (Å²) < 4.78 is 47.4. The number of nitrogens with zero attached hydrogens (tertiary/aromatic N) is 1. The van der Waals surface area contributed by atoms with Crippen molar-refractivity contribution in [3.05, 3.63) is 63.0 Å². The molecule has 1 unspecified atom stereocenters. The van der Waals surface area contributed by atoms with Crippen LogP contribution in [0.2, 0.25) is 5.02 Å². The third-order valence-electron chi connectivity index (χ3n) is 6.09. The van der Waals surface area contributed by atoms with Gasteiger partial charge in [-0.1, -0.05) is 37.1 Å². The van der Waals surface area contributed by atoms with Gasteiger partial charge in [0.2, 0.25) is 11.2 Å². The lowest BCUT2D eigenvalue weighted by atomic mass is 9.97. The van der Waals surface area contributed by atoms with Crippen molar-refractivity contribution >= 4 is 22.6 Å². The average Bonchev–Trinajstić information content (AvgIpc) is 2.75. The van der Waals surface area contributed by atoms with Gasteiger partial charge in [0.1, 0.15) is 11.3 Å². The quantitative estimate of drug-likeness (QED) is 0.471. The van der Waals surface area contributed by atoms with E-state index in [9.17, 15) is 23.1 Å². The van der Waals surface area contributed by atoms with Gasteiger partial charge in [-0.15, -0.1) is 0 Å². The number of phenols is 1. The van der Waals surface area contributed by atoms with Crippen molar-refractivity contribution in [3.8, 4) is 16.9 Å². The Balaban J connectivity index is 1.95. The molecule has 4 nitrogen and oxygen atoms in total. The van der Waals surface area contributed by atoms with E-state index in [2.05, 4.69) is 11.8 Å². The number of aromatic hydroxyl groups is 1. The normalized spacial score (nSPS) is 17.7. The second kappa shape index (κ2) is 8.79. The number of rotatable bonds is 4. The second-order valence-electron chi connectivity index (χ2n) is 8.11. The first-order valence-corrected chi connectivity index (χ1v) is 11.0. The first kappa shape index (κ1) is 22.7. The summed E-state index contributed by atoms with van der Waals surface area (Å²) in [5.41, 5.74) is -1.41. The van der Waals surface area contributed by atoms with Gasteiger partial charge in [0.25, 0.3) is 0 Å². The Morgan fingerprint density at radius 1 is 1.22 bits per heavy atom. The van der Waals surface area contributed by atoms with Crippen LogP contribution in [0.4, 0.5) is 13.2 Å². The largest absolute Gasteiger partial charge is 0.507 e. The molecule has 2 aromatic carbocycles. The number of likely N-dealkylation sites (tertiary alicyclic amines) is 1. The number of hydrogen-bond acceptors (Lipinski definition) is 4. The number of fused-ring (bicyclic) bond motifs is 1. The number of alkyl halides is 3. The molecule has 0 bridgehead atoms. The Labute approximate surface area is 188 Å². The van der Waals surface area contributed by atoms with E-state index in [1.807, 2.05) is 0 Å². The minimum absolute atomic E-state index is 0.00849. The molecule has 1 N–H and O–H groups in total. The molecule has 170 valence electrons. The number of piperidine rings is 1. The monoisotopic (exact) mass is 465 g/mol. The zero-order valence-corrected chi connectivity index (χ0v) is 18.3. The maximum Gasteiger partial charge on any atom is 0.450 e. The summed E-state index contributed by atoms with van der Waals surface area (Å²) in [6, 6.07) is 8.59. The molecule has 0 amide bonds. The Morgan fingerprint density at radius 2 is 2.00 bits per heavy atom. The van der Waals surface area contributed by atoms with E-state index in [1.165, 1.54) is 36.4 Å². The van der Waals surface area contributed by atoms with Gasteiger partial charge in [-0.25, -0.2) is 0 Å². The van der Waals surface area contributed by atoms with Gasteiger partial charge in [0.05, 0.1) is 16.5 Å². The van der Waals surface area contributed by atoms with Gasteiger partial charge in [-0.2, -0.15) is 13.2 Å². The fraction of sp³-hybridized carbons (Fsp3) is 0.375. The minimum Gasteiger partial charge on any atom is -0.507 e. The topological polar surface area (TPSA) is 53.7 Å². The zero-order valence-electron chi connectivity index (χ0n) is 17.5. The molecule has 1 aliphatic heterocycles. The van der Waals surface area contributed by atoms with Crippen LogP contribution in [0.1, 0.15) is 43.9 Å². The van der Waals surface area contributed by atoms with E-state index < -0.39 is 22.9 Å². The highest BCUT2D eigenvalue weighted by molar-refractivity contribution is 6.30. The van der Waals surface area contributed by atoms with Crippen molar-refractivity contribution in [3.63, 3.8) is 0 Å². The van der Waals surface area contributed by atoms with Crippen LogP contribution in [0.3, 0.4) is 0 Å². The third kappa shape index (κ3) is 4.24. The number of phenolic OH excluding ortho intramolecular Hbond substituents is 1. The van der Waals surface area contributed by atoms with Gasteiger partial charge < -0.3 is 9.52 Å². The van der Waals surface area contributed by atoms with Gasteiger partial charge in [0, 0.05) is 17.6 Å². The van der Waals surface area contributed by atoms with E-state index in [-0.39, 0.29) is 45.5 Å². The highest BCUT2D eigenvalue weighted by Gasteiger charge is 2.40. The standard InChI is InChI=1S/C24H23ClF3NO3/c1-2-16-8-3-4-11-29(16)13-18-19(30)10-9-17-21(31)20(14-6-5-7-15(25)12-14)23(24(26,27)28)32-22(17)18/h5-7,9-10,12,16,30H,2-4,8,11,13H2,1H3. The predicted molar refractivity (Wildman–Crippen MR) is 118 cm³/mol. The summed E-state index contributed by atoms with van der Waals surface area (Å²) in [5, 5.41) is 10.7. The molecule has 0 saturated carbocycles. The van der Waals surface area contributed by atoms with Crippen LogP contribution in [-0.4, -0.2) is 22.6 Å². The highest BCUT2D eigenvalue weighted by Crippen LogP contribution is 2.40. The van der Waals surface area contributed by atoms with Crippen molar-refractivity contribution < 1.29 is 22.7 Å². The van der Waals surface area contributed by atoms with Crippen molar-refractivity contribution in [2.75, 3.05) is 6.54 Å². The van der Waals surface area contributed by atoms with E-state index >= 15 is 0 Å². The number of benzene rings is 2. The van der Waals surface area contributed by atoms with Crippen LogP contribution in [0, 0.1) is 0 Å². The van der Waals surface area contributed by atoms with Gasteiger partial charge >= 0.3 is 6.18 Å². The maximum absolute atomic E-state index is 14.0. The number of halogens is 4. The predicted octanol–water partition coefficient (Wildman–Crippen LogP) is 6.60. The van der Waals surface area contributed by atoms with Crippen LogP contribution in [-0.2, 0) is 12.7 Å². The molecule has 0 spiro atoms. The van der Waals surface area contributed by atoms with Crippen LogP contribution in [0.25, 0.3) is 22.1 Å². The fourth-order valence-electron chi connectivity index (χ4n) is 4.50. The zero-order chi connectivity index (χ0) is 23.0.